The van der Waals surface area contributed by atoms with E-state index in [4.69, 9.17) is 14.6 Å². The van der Waals surface area contributed by atoms with Gasteiger partial charge in [-0.1, -0.05) is 0 Å². The van der Waals surface area contributed by atoms with Crippen molar-refractivity contribution in [2.75, 3.05) is 0 Å². The van der Waals surface area contributed by atoms with Gasteiger partial charge in [-0.3, -0.25) is 10.1 Å². The van der Waals surface area contributed by atoms with Gasteiger partial charge in [0.1, 0.15) is 24.1 Å². The molecule has 120 valence electrons. The molecule has 0 amide bonds. The lowest BCUT2D eigenvalue weighted by molar-refractivity contribution is -0.384. The van der Waals surface area contributed by atoms with Gasteiger partial charge in [-0.05, 0) is 12.1 Å². The molecule has 5 atom stereocenters. The molecule has 0 aliphatic carbocycles. The Morgan fingerprint density at radius 2 is 1.73 bits per heavy atom. The van der Waals surface area contributed by atoms with Gasteiger partial charge in [0.25, 0.3) is 5.69 Å². The highest BCUT2D eigenvalue weighted by molar-refractivity contribution is 5.73. The maximum absolute atomic E-state index is 10.9. The van der Waals surface area contributed by atoms with Crippen molar-refractivity contribution < 1.29 is 39.6 Å². The highest BCUT2D eigenvalue weighted by atomic mass is 16.7. The van der Waals surface area contributed by atoms with Crippen LogP contribution in [0.1, 0.15) is 0 Å². The van der Waals surface area contributed by atoms with E-state index < -0.39 is 41.6 Å². The first-order valence-corrected chi connectivity index (χ1v) is 6.15. The average Bonchev–Trinajstić information content (AvgIpc) is 2.48. The molecule has 1 aliphatic heterocycles. The van der Waals surface area contributed by atoms with Gasteiger partial charge in [0.05, 0.1) is 4.92 Å². The standard InChI is InChI=1S/C12H13NO9/c14-7-8(15)10(11(17)18)22-12(9(7)16)21-6-3-1-5(2-4-6)13(19)20/h1-4,7-10,12,14-16H,(H,17,18)/t7-,8-,9+,10-,12?/m1/s1. The average molecular weight is 315 g/mol. The summed E-state index contributed by atoms with van der Waals surface area (Å²) in [7, 11) is 0. The lowest BCUT2D eigenvalue weighted by atomic mass is 9.99. The second-order valence-corrected chi connectivity index (χ2v) is 4.60. The normalized spacial score (nSPS) is 31.5. The third-order valence-electron chi connectivity index (χ3n) is 3.11. The highest BCUT2D eigenvalue weighted by Crippen LogP contribution is 2.25. The van der Waals surface area contributed by atoms with Crippen molar-refractivity contribution in [2.24, 2.45) is 0 Å². The van der Waals surface area contributed by atoms with Crippen LogP contribution in [0.2, 0.25) is 0 Å². The van der Waals surface area contributed by atoms with Gasteiger partial charge in [-0.2, -0.15) is 0 Å². The van der Waals surface area contributed by atoms with Crippen molar-refractivity contribution in [1.29, 1.82) is 0 Å². The maximum atomic E-state index is 10.9. The molecular weight excluding hydrogens is 302 g/mol. The van der Waals surface area contributed by atoms with Crippen LogP contribution in [0.4, 0.5) is 5.69 Å². The minimum Gasteiger partial charge on any atom is -0.479 e. The Kier molecular flexibility index (Phi) is 4.56. The van der Waals surface area contributed by atoms with E-state index in [9.17, 15) is 30.2 Å². The Bertz CT molecular complexity index is 560. The number of hydrogen-bond acceptors (Lipinski definition) is 8. The number of carboxylic acid groups (broad SMARTS) is 1. The van der Waals surface area contributed by atoms with Crippen molar-refractivity contribution >= 4 is 11.7 Å². The third kappa shape index (κ3) is 3.14. The summed E-state index contributed by atoms with van der Waals surface area (Å²) >= 11 is 0. The van der Waals surface area contributed by atoms with Crippen LogP contribution in [0.5, 0.6) is 5.75 Å². The van der Waals surface area contributed by atoms with Gasteiger partial charge in [0.15, 0.2) is 6.10 Å². The number of non-ortho nitro benzene ring substituents is 1. The van der Waals surface area contributed by atoms with Gasteiger partial charge < -0.3 is 29.9 Å². The van der Waals surface area contributed by atoms with E-state index in [0.717, 1.165) is 12.1 Å². The number of ether oxygens (including phenoxy) is 2. The summed E-state index contributed by atoms with van der Waals surface area (Å²) in [6.45, 7) is 0. The summed E-state index contributed by atoms with van der Waals surface area (Å²) in [4.78, 5) is 20.8. The molecule has 4 N–H and O–H groups in total. The molecule has 0 aromatic heterocycles. The number of nitro benzene ring substituents is 1. The second kappa shape index (κ2) is 6.23. The number of aliphatic carboxylic acids is 1. The van der Waals surface area contributed by atoms with E-state index in [1.807, 2.05) is 0 Å². The molecule has 1 unspecified atom stereocenters. The zero-order chi connectivity index (χ0) is 16.4. The number of hydrogen-bond donors (Lipinski definition) is 4. The quantitative estimate of drug-likeness (QED) is 0.398. The van der Waals surface area contributed by atoms with Gasteiger partial charge in [0.2, 0.25) is 6.29 Å². The number of rotatable bonds is 4. The molecule has 10 heteroatoms. The molecule has 2 rings (SSSR count). The Balaban J connectivity index is 2.13. The van der Waals surface area contributed by atoms with Crippen molar-refractivity contribution in [3.63, 3.8) is 0 Å². The number of carboxylic acids is 1. The Morgan fingerprint density at radius 1 is 1.14 bits per heavy atom. The Morgan fingerprint density at radius 3 is 2.23 bits per heavy atom. The van der Waals surface area contributed by atoms with Crippen LogP contribution in [0.15, 0.2) is 24.3 Å². The van der Waals surface area contributed by atoms with Crippen LogP contribution in [-0.2, 0) is 9.53 Å². The van der Waals surface area contributed by atoms with Gasteiger partial charge >= 0.3 is 5.97 Å². The molecule has 0 radical (unpaired) electrons. The smallest absolute Gasteiger partial charge is 0.335 e. The first-order chi connectivity index (χ1) is 10.3. The lowest BCUT2D eigenvalue weighted by Gasteiger charge is -2.38. The Labute approximate surface area is 123 Å². The largest absolute Gasteiger partial charge is 0.479 e. The lowest BCUT2D eigenvalue weighted by Crippen LogP contribution is -2.61. The van der Waals surface area contributed by atoms with Crippen molar-refractivity contribution in [3.05, 3.63) is 34.4 Å². The fourth-order valence-corrected chi connectivity index (χ4v) is 1.93. The summed E-state index contributed by atoms with van der Waals surface area (Å²) in [5.41, 5.74) is -0.184. The van der Waals surface area contributed by atoms with Crippen LogP contribution >= 0.6 is 0 Å². The second-order valence-electron chi connectivity index (χ2n) is 4.60. The van der Waals surface area contributed by atoms with Gasteiger partial charge in [-0.25, -0.2) is 4.79 Å². The SMILES string of the molecule is O=C(O)[C@@H]1OC(Oc2ccc([N+](=O)[O-])cc2)[C@@H](O)[C@H](O)[C@H]1O. The molecule has 0 bridgehead atoms. The van der Waals surface area contributed by atoms with Crippen LogP contribution in [0.25, 0.3) is 0 Å². The fourth-order valence-electron chi connectivity index (χ4n) is 1.93. The molecule has 1 fully saturated rings. The Hall–Kier alpha value is -2.27. The van der Waals surface area contributed by atoms with Crippen molar-refractivity contribution in [1.82, 2.24) is 0 Å². The van der Waals surface area contributed by atoms with Gasteiger partial charge in [-0.15, -0.1) is 0 Å². The maximum Gasteiger partial charge on any atom is 0.335 e. The summed E-state index contributed by atoms with van der Waals surface area (Å²) in [6.07, 6.45) is -8.62. The molecule has 1 saturated heterocycles. The fraction of sp³-hybridized carbons (Fsp3) is 0.417. The minimum atomic E-state index is -1.82. The number of aliphatic hydroxyl groups is 3. The van der Waals surface area contributed by atoms with E-state index in [1.165, 1.54) is 12.1 Å². The summed E-state index contributed by atoms with van der Waals surface area (Å²) < 4.78 is 10.1. The first kappa shape index (κ1) is 16.1. The predicted molar refractivity (Wildman–Crippen MR) is 68.0 cm³/mol. The molecule has 0 saturated carbocycles. The summed E-state index contributed by atoms with van der Waals surface area (Å²) in [6, 6.07) is 4.73. The van der Waals surface area contributed by atoms with Crippen LogP contribution in [0.3, 0.4) is 0 Å². The third-order valence-corrected chi connectivity index (χ3v) is 3.11. The molecule has 0 spiro atoms. The first-order valence-electron chi connectivity index (χ1n) is 6.15. The molecule has 1 aliphatic rings. The van der Waals surface area contributed by atoms with E-state index in [-0.39, 0.29) is 11.4 Å². The van der Waals surface area contributed by atoms with Crippen molar-refractivity contribution in [3.8, 4) is 5.75 Å². The van der Waals surface area contributed by atoms with E-state index in [0.29, 0.717) is 0 Å². The van der Waals surface area contributed by atoms with E-state index >= 15 is 0 Å². The minimum absolute atomic E-state index is 0.0578. The number of nitro groups is 1. The summed E-state index contributed by atoms with van der Waals surface area (Å²) in [5.74, 6) is -1.47. The predicted octanol–water partition coefficient (Wildman–Crippen LogP) is -1.13. The number of benzene rings is 1. The topological polar surface area (TPSA) is 160 Å². The molecule has 10 nitrogen and oxygen atoms in total. The van der Waals surface area contributed by atoms with Gasteiger partial charge in [0, 0.05) is 12.1 Å². The zero-order valence-electron chi connectivity index (χ0n) is 11.0. The van der Waals surface area contributed by atoms with Crippen LogP contribution in [0, 0.1) is 10.1 Å². The molecule has 22 heavy (non-hydrogen) atoms. The highest BCUT2D eigenvalue weighted by Gasteiger charge is 2.48. The van der Waals surface area contributed by atoms with E-state index in [1.54, 1.807) is 0 Å². The monoisotopic (exact) mass is 315 g/mol. The molecular formula is C12H13NO9. The molecule has 1 aromatic carbocycles. The summed E-state index contributed by atoms with van der Waals surface area (Å²) in [5, 5.41) is 48.3. The molecule has 1 heterocycles. The number of carbonyl (C=O) groups is 1. The van der Waals surface area contributed by atoms with Crippen molar-refractivity contribution in [2.45, 2.75) is 30.7 Å². The number of aliphatic hydroxyl groups excluding tert-OH is 3. The van der Waals surface area contributed by atoms with Crippen LogP contribution in [-0.4, -0.2) is 62.0 Å². The van der Waals surface area contributed by atoms with Crippen LogP contribution < -0.4 is 4.74 Å². The van der Waals surface area contributed by atoms with E-state index in [2.05, 4.69) is 0 Å². The molecule has 1 aromatic rings. The zero-order valence-corrected chi connectivity index (χ0v) is 11.0. The number of nitrogens with zero attached hydrogens (tertiary/aromatic N) is 1.